The maximum atomic E-state index is 11.9. The van der Waals surface area contributed by atoms with E-state index < -0.39 is 66.8 Å². The largest absolute Gasteiger partial charge is 1.00 e. The van der Waals surface area contributed by atoms with Gasteiger partial charge in [-0.3, -0.25) is 10.1 Å². The topological polar surface area (TPSA) is 229 Å². The quantitative estimate of drug-likeness (QED) is 0.113. The molecule has 3 aliphatic rings. The Morgan fingerprint density at radius 2 is 1.48 bits per heavy atom. The summed E-state index contributed by atoms with van der Waals surface area (Å²) in [5, 5.41) is 26.6. The molecule has 0 heterocycles. The molecule has 3 saturated carbocycles. The van der Waals surface area contributed by atoms with Crippen LogP contribution in [-0.4, -0.2) is 76.7 Å². The second-order valence-electron chi connectivity index (χ2n) is 8.80. The molecule has 3 aliphatic carbocycles. The zero-order chi connectivity index (χ0) is 23.1. The number of rotatable bonds is 5. The van der Waals surface area contributed by atoms with Crippen molar-refractivity contribution < 1.29 is 95.1 Å². The van der Waals surface area contributed by atoms with Crippen molar-refractivity contribution in [3.05, 3.63) is 10.1 Å². The van der Waals surface area contributed by atoms with Crippen LogP contribution in [0.3, 0.4) is 0 Å². The molecule has 7 unspecified atom stereocenters. The van der Waals surface area contributed by atoms with Gasteiger partial charge in [0.2, 0.25) is 6.04 Å². The summed E-state index contributed by atoms with van der Waals surface area (Å²) in [6.07, 6.45) is -0.619. The first-order valence-corrected chi connectivity index (χ1v) is 13.1. The summed E-state index contributed by atoms with van der Waals surface area (Å²) >= 11 is 0. The third-order valence-corrected chi connectivity index (χ3v) is 9.33. The van der Waals surface area contributed by atoms with Gasteiger partial charge in [0, 0.05) is 29.7 Å². The van der Waals surface area contributed by atoms with Crippen LogP contribution in [0.4, 0.5) is 0 Å². The van der Waals surface area contributed by atoms with E-state index in [1.807, 2.05) is 0 Å². The van der Waals surface area contributed by atoms with Gasteiger partial charge in [0.25, 0.3) is 0 Å². The fourth-order valence-electron chi connectivity index (χ4n) is 5.30. The Labute approximate surface area is 237 Å². The van der Waals surface area contributed by atoms with Crippen molar-refractivity contribution in [1.82, 2.24) is 0 Å². The number of hydrogen-bond donors (Lipinski definition) is 2. The first-order valence-electron chi connectivity index (χ1n) is 10.2. The summed E-state index contributed by atoms with van der Waals surface area (Å²) in [5.41, 5.74) is 6.21. The summed E-state index contributed by atoms with van der Waals surface area (Å²) in [5.74, 6) is -1.46. The maximum Gasteiger partial charge on any atom is 1.00 e. The second-order valence-corrected chi connectivity index (χ2v) is 12.0. The predicted octanol–water partition coefficient (Wildman–Crippen LogP) is -6.65. The first kappa shape index (κ1) is 31.8. The van der Waals surface area contributed by atoms with Gasteiger partial charge in [-0.2, -0.15) is 10.2 Å². The number of hydrogen-bond acceptors (Lipinski definition) is 12. The van der Waals surface area contributed by atoms with Crippen LogP contribution in [0.2, 0.25) is 0 Å². The maximum absolute atomic E-state index is 11.9. The molecule has 3 fully saturated rings. The first-order chi connectivity index (χ1) is 14.3. The Morgan fingerprint density at radius 1 is 0.909 bits per heavy atom. The van der Waals surface area contributed by atoms with E-state index in [1.165, 1.54) is 0 Å². The molecule has 0 amide bonds. The average Bonchev–Trinajstić information content (AvgIpc) is 2.65. The van der Waals surface area contributed by atoms with E-state index in [0.29, 0.717) is 25.7 Å². The van der Waals surface area contributed by atoms with E-state index in [0.717, 1.165) is 0 Å². The standard InChI is InChI=1S/C16H28N4O9S2.2Na/c17-15-14-8(5-11(7-12(14)21)30(24,25)26)6-13(31(27,28)29)16(15)19-18-9-1-3-10(4-2-9)20(22)23;;/h8-16,21H,1-7,17H2,(H,24,25,26)(H,27,28,29);;/q;2*+1/p-2. The summed E-state index contributed by atoms with van der Waals surface area (Å²) < 4.78 is 70.0. The van der Waals surface area contributed by atoms with Crippen molar-refractivity contribution in [2.24, 2.45) is 27.8 Å². The van der Waals surface area contributed by atoms with Crippen LogP contribution in [0.1, 0.15) is 44.9 Å². The third kappa shape index (κ3) is 7.61. The summed E-state index contributed by atoms with van der Waals surface area (Å²) in [6.45, 7) is 0. The molecule has 0 saturated heterocycles. The Kier molecular flexibility index (Phi) is 11.9. The molecule has 7 atom stereocenters. The molecule has 3 N–H and O–H groups in total. The minimum Gasteiger partial charge on any atom is -0.748 e. The van der Waals surface area contributed by atoms with Crippen LogP contribution in [0, 0.1) is 22.0 Å². The van der Waals surface area contributed by atoms with Crippen molar-refractivity contribution in [2.45, 2.75) is 85.7 Å². The van der Waals surface area contributed by atoms with Gasteiger partial charge in [0.15, 0.2) is 0 Å². The molecule has 0 spiro atoms. The summed E-state index contributed by atoms with van der Waals surface area (Å²) in [4.78, 5) is 10.5. The van der Waals surface area contributed by atoms with Gasteiger partial charge in [-0.1, -0.05) is 0 Å². The molecule has 13 nitrogen and oxygen atoms in total. The molecule has 178 valence electrons. The predicted molar refractivity (Wildman–Crippen MR) is 103 cm³/mol. The Balaban J connectivity index is 0.00000272. The number of nitro groups is 1. The van der Waals surface area contributed by atoms with E-state index in [-0.39, 0.29) is 89.3 Å². The van der Waals surface area contributed by atoms with Crippen LogP contribution in [0.5, 0.6) is 0 Å². The summed E-state index contributed by atoms with van der Waals surface area (Å²) in [6, 6.07) is -3.31. The fourth-order valence-corrected chi connectivity index (χ4v) is 7.28. The van der Waals surface area contributed by atoms with Gasteiger partial charge in [-0.25, -0.2) is 16.8 Å². The molecule has 0 aromatic heterocycles. The number of azo groups is 1. The van der Waals surface area contributed by atoms with Crippen LogP contribution < -0.4 is 64.8 Å². The number of fused-ring (bicyclic) bond motifs is 1. The monoisotopic (exact) mass is 528 g/mol. The molecule has 17 heteroatoms. The van der Waals surface area contributed by atoms with Crippen LogP contribution in [0.15, 0.2) is 10.2 Å². The van der Waals surface area contributed by atoms with Crippen molar-refractivity contribution in [2.75, 3.05) is 0 Å². The smallest absolute Gasteiger partial charge is 0.748 e. The normalized spacial score (nSPS) is 39.7. The zero-order valence-corrected chi connectivity index (χ0v) is 24.2. The molecular formula is C16H26N4Na2O9S2. The van der Waals surface area contributed by atoms with Crippen LogP contribution in [-0.2, 0) is 20.2 Å². The molecular weight excluding hydrogens is 502 g/mol. The van der Waals surface area contributed by atoms with Gasteiger partial charge >= 0.3 is 59.1 Å². The van der Waals surface area contributed by atoms with Crippen molar-refractivity contribution in [3.63, 3.8) is 0 Å². The van der Waals surface area contributed by atoms with Crippen LogP contribution in [0.25, 0.3) is 0 Å². The third-order valence-electron chi connectivity index (χ3n) is 6.92. The van der Waals surface area contributed by atoms with E-state index in [1.54, 1.807) is 0 Å². The van der Waals surface area contributed by atoms with E-state index >= 15 is 0 Å². The minimum atomic E-state index is -4.88. The minimum absolute atomic E-state index is 0. The molecule has 0 bridgehead atoms. The number of aliphatic hydroxyl groups is 1. The SMILES string of the molecule is NC1C(N=NC2CCC([N+](=O)[O-])CC2)C(S(=O)(=O)[O-])CC2CC(S(=O)(=O)[O-])CC(O)C21.[Na+].[Na+]. The van der Waals surface area contributed by atoms with Crippen LogP contribution >= 0.6 is 0 Å². The number of nitrogens with two attached hydrogens (primary N) is 1. The number of aliphatic hydroxyl groups excluding tert-OH is 1. The van der Waals surface area contributed by atoms with Gasteiger partial charge in [0.05, 0.1) is 42.9 Å². The van der Waals surface area contributed by atoms with E-state index in [9.17, 15) is 41.2 Å². The van der Waals surface area contributed by atoms with E-state index in [4.69, 9.17) is 5.73 Å². The van der Waals surface area contributed by atoms with Gasteiger partial charge in [-0.05, 0) is 38.0 Å². The van der Waals surface area contributed by atoms with E-state index in [2.05, 4.69) is 10.2 Å². The molecule has 0 radical (unpaired) electrons. The molecule has 33 heavy (non-hydrogen) atoms. The summed E-state index contributed by atoms with van der Waals surface area (Å²) in [7, 11) is -9.58. The second kappa shape index (κ2) is 12.3. The fraction of sp³-hybridized carbons (Fsp3) is 1.00. The van der Waals surface area contributed by atoms with Crippen molar-refractivity contribution in [1.29, 1.82) is 0 Å². The molecule has 3 rings (SSSR count). The van der Waals surface area contributed by atoms with Gasteiger partial charge in [0.1, 0.15) is 6.04 Å². The average molecular weight is 529 g/mol. The molecule has 0 aliphatic heterocycles. The van der Waals surface area contributed by atoms with Gasteiger partial charge in [-0.15, -0.1) is 0 Å². The van der Waals surface area contributed by atoms with Crippen molar-refractivity contribution in [3.8, 4) is 0 Å². The zero-order valence-electron chi connectivity index (χ0n) is 18.6. The molecule has 0 aromatic rings. The Bertz CT molecular complexity index is 928. The van der Waals surface area contributed by atoms with Crippen molar-refractivity contribution >= 4 is 20.2 Å². The van der Waals surface area contributed by atoms with Gasteiger partial charge < -0.3 is 19.9 Å². The Morgan fingerprint density at radius 3 is 1.97 bits per heavy atom. The molecule has 0 aromatic carbocycles. The Hall–Kier alpha value is 0.740. The number of nitrogens with zero attached hydrogens (tertiary/aromatic N) is 3.